The van der Waals surface area contributed by atoms with Gasteiger partial charge in [-0.1, -0.05) is 17.6 Å². The predicted octanol–water partition coefficient (Wildman–Crippen LogP) is -0.655. The zero-order valence-electron chi connectivity index (χ0n) is 6.65. The van der Waals surface area contributed by atoms with Gasteiger partial charge in [0.25, 0.3) is 5.69 Å². The Morgan fingerprint density at radius 2 is 2.25 bits per heavy atom. The summed E-state index contributed by atoms with van der Waals surface area (Å²) in [7, 11) is 1.73. The molecule has 0 radical (unpaired) electrons. The molecule has 12 heavy (non-hydrogen) atoms. The maximum atomic E-state index is 10.4. The minimum atomic E-state index is -0.488. The topological polar surface area (TPSA) is 63.4 Å². The predicted molar refractivity (Wildman–Crippen MR) is 47.2 cm³/mol. The number of benzene rings is 1. The van der Waals surface area contributed by atoms with E-state index in [0.29, 0.717) is 5.56 Å². The van der Waals surface area contributed by atoms with Crippen molar-refractivity contribution >= 4 is 19.0 Å². The van der Waals surface area contributed by atoms with Crippen molar-refractivity contribution in [3.63, 3.8) is 0 Å². The van der Waals surface area contributed by atoms with Crippen LogP contribution in [0.1, 0.15) is 5.56 Å². The number of nitrogens with zero attached hydrogens (tertiary/aromatic N) is 1. The van der Waals surface area contributed by atoms with Gasteiger partial charge in [-0.05, 0) is 0 Å². The van der Waals surface area contributed by atoms with E-state index < -0.39 is 4.92 Å². The fraction of sp³-hybridized carbons (Fsp3) is 0.143. The number of rotatable bonds is 2. The summed E-state index contributed by atoms with van der Waals surface area (Å²) in [6.45, 7) is -0.289. The molecular weight excluding hydrogens is 157 g/mol. The highest BCUT2D eigenvalue weighted by Crippen LogP contribution is 2.14. The summed E-state index contributed by atoms with van der Waals surface area (Å²) in [6.07, 6.45) is 0. The first-order chi connectivity index (χ1) is 5.66. The molecule has 0 aromatic heterocycles. The third-order valence-corrected chi connectivity index (χ3v) is 1.74. The van der Waals surface area contributed by atoms with Crippen molar-refractivity contribution in [3.8, 4) is 0 Å². The van der Waals surface area contributed by atoms with Crippen LogP contribution in [-0.4, -0.2) is 17.9 Å². The summed E-state index contributed by atoms with van der Waals surface area (Å²) in [6, 6.07) is 4.73. The molecule has 1 rings (SSSR count). The lowest BCUT2D eigenvalue weighted by molar-refractivity contribution is -0.385. The number of aliphatic hydroxyl groups excluding tert-OH is 1. The van der Waals surface area contributed by atoms with Crippen molar-refractivity contribution in [1.82, 2.24) is 0 Å². The third-order valence-electron chi connectivity index (χ3n) is 1.74. The molecule has 0 amide bonds. The van der Waals surface area contributed by atoms with Gasteiger partial charge in [-0.3, -0.25) is 10.1 Å². The van der Waals surface area contributed by atoms with Crippen LogP contribution in [0.25, 0.3) is 0 Å². The van der Waals surface area contributed by atoms with Gasteiger partial charge in [0.1, 0.15) is 7.85 Å². The Morgan fingerprint density at radius 1 is 1.58 bits per heavy atom. The molecule has 4 nitrogen and oxygen atoms in total. The molecule has 62 valence electrons. The van der Waals surface area contributed by atoms with Crippen molar-refractivity contribution in [2.75, 3.05) is 0 Å². The fourth-order valence-corrected chi connectivity index (χ4v) is 1.06. The van der Waals surface area contributed by atoms with Crippen molar-refractivity contribution in [1.29, 1.82) is 0 Å². The summed E-state index contributed by atoms with van der Waals surface area (Å²) in [4.78, 5) is 9.94. The molecule has 0 fully saturated rings. The second-order valence-corrected chi connectivity index (χ2v) is 2.49. The Labute approximate surface area is 70.4 Å². The monoisotopic (exact) mass is 165 g/mol. The molecule has 1 N–H and O–H groups in total. The third kappa shape index (κ3) is 1.45. The highest BCUT2D eigenvalue weighted by molar-refractivity contribution is 6.33. The second kappa shape index (κ2) is 3.36. The van der Waals surface area contributed by atoms with Crippen molar-refractivity contribution in [2.24, 2.45) is 0 Å². The number of nitro groups is 1. The number of aliphatic hydroxyl groups is 1. The summed E-state index contributed by atoms with van der Waals surface area (Å²) in [5, 5.41) is 19.3. The Bertz CT molecular complexity index is 314. The van der Waals surface area contributed by atoms with Gasteiger partial charge in [-0.15, -0.1) is 0 Å². The average Bonchev–Trinajstić information content (AvgIpc) is 2.03. The molecule has 0 unspecified atom stereocenters. The van der Waals surface area contributed by atoms with Crippen LogP contribution >= 0.6 is 0 Å². The lowest BCUT2D eigenvalue weighted by Crippen LogP contribution is -2.12. The molecule has 0 saturated carbocycles. The Kier molecular flexibility index (Phi) is 2.45. The molecule has 0 atom stereocenters. The average molecular weight is 165 g/mol. The van der Waals surface area contributed by atoms with Crippen LogP contribution in [-0.2, 0) is 6.61 Å². The van der Waals surface area contributed by atoms with E-state index in [2.05, 4.69) is 0 Å². The van der Waals surface area contributed by atoms with E-state index in [4.69, 9.17) is 5.11 Å². The fourth-order valence-electron chi connectivity index (χ4n) is 1.06. The Balaban J connectivity index is 3.27. The first kappa shape index (κ1) is 8.74. The van der Waals surface area contributed by atoms with Gasteiger partial charge in [0.2, 0.25) is 0 Å². The maximum Gasteiger partial charge on any atom is 0.274 e. The quantitative estimate of drug-likeness (QED) is 0.359. The zero-order chi connectivity index (χ0) is 9.14. The number of hydrogen-bond donors (Lipinski definition) is 1. The van der Waals surface area contributed by atoms with E-state index in [9.17, 15) is 10.1 Å². The largest absolute Gasteiger partial charge is 0.391 e. The highest BCUT2D eigenvalue weighted by atomic mass is 16.6. The van der Waals surface area contributed by atoms with Crippen LogP contribution in [0.2, 0.25) is 0 Å². The molecule has 0 aliphatic carbocycles. The lowest BCUT2D eigenvalue weighted by Gasteiger charge is -2.01. The molecule has 1 aromatic carbocycles. The zero-order valence-corrected chi connectivity index (χ0v) is 6.65. The first-order valence-electron chi connectivity index (χ1n) is 3.50. The summed E-state index contributed by atoms with van der Waals surface area (Å²) in [5.74, 6) is 0. The summed E-state index contributed by atoms with van der Waals surface area (Å²) in [5.41, 5.74) is 1.12. The van der Waals surface area contributed by atoms with Gasteiger partial charge in [0.15, 0.2) is 0 Å². The highest BCUT2D eigenvalue weighted by Gasteiger charge is 2.13. The van der Waals surface area contributed by atoms with Crippen molar-refractivity contribution in [3.05, 3.63) is 33.9 Å². The lowest BCUT2D eigenvalue weighted by atomic mass is 9.90. The minimum Gasteiger partial charge on any atom is -0.391 e. The van der Waals surface area contributed by atoms with Gasteiger partial charge in [0, 0.05) is 11.6 Å². The van der Waals surface area contributed by atoms with Crippen LogP contribution in [0.5, 0.6) is 0 Å². The van der Waals surface area contributed by atoms with Crippen LogP contribution in [0, 0.1) is 10.1 Å². The van der Waals surface area contributed by atoms with E-state index in [-0.39, 0.29) is 12.3 Å². The van der Waals surface area contributed by atoms with E-state index in [1.807, 2.05) is 0 Å². The first-order valence-corrected chi connectivity index (χ1v) is 3.50. The summed E-state index contributed by atoms with van der Waals surface area (Å²) >= 11 is 0. The molecular formula is C7H8BNO3. The standard InChI is InChI=1S/C7H8BNO3/c8-6-2-1-3-7(9(11)12)5(6)4-10/h1-3,10H,4,8H2. The van der Waals surface area contributed by atoms with Crippen LogP contribution in [0.3, 0.4) is 0 Å². The number of nitro benzene ring substituents is 1. The molecule has 0 saturated heterocycles. The smallest absolute Gasteiger partial charge is 0.274 e. The van der Waals surface area contributed by atoms with E-state index in [1.165, 1.54) is 6.07 Å². The molecule has 0 aliphatic heterocycles. The SMILES string of the molecule is Bc1cccc([N+](=O)[O-])c1CO. The molecule has 1 aromatic rings. The van der Waals surface area contributed by atoms with Gasteiger partial charge in [0.05, 0.1) is 11.5 Å². The molecule has 0 aliphatic rings. The molecule has 0 heterocycles. The van der Waals surface area contributed by atoms with Crippen LogP contribution < -0.4 is 5.46 Å². The van der Waals surface area contributed by atoms with E-state index >= 15 is 0 Å². The maximum absolute atomic E-state index is 10.4. The van der Waals surface area contributed by atoms with Crippen molar-refractivity contribution in [2.45, 2.75) is 6.61 Å². The van der Waals surface area contributed by atoms with Gasteiger partial charge >= 0.3 is 0 Å². The molecule has 5 heteroatoms. The summed E-state index contributed by atoms with van der Waals surface area (Å²) < 4.78 is 0. The van der Waals surface area contributed by atoms with Gasteiger partial charge in [-0.2, -0.15) is 0 Å². The number of hydrogen-bond acceptors (Lipinski definition) is 3. The van der Waals surface area contributed by atoms with Crippen molar-refractivity contribution < 1.29 is 10.0 Å². The van der Waals surface area contributed by atoms with Gasteiger partial charge < -0.3 is 5.11 Å². The molecule has 0 bridgehead atoms. The normalized spacial score (nSPS) is 9.75. The van der Waals surface area contributed by atoms with E-state index in [1.54, 1.807) is 20.0 Å². The minimum absolute atomic E-state index is 0.0162. The Morgan fingerprint density at radius 3 is 2.67 bits per heavy atom. The molecule has 0 spiro atoms. The van der Waals surface area contributed by atoms with Crippen LogP contribution in [0.15, 0.2) is 18.2 Å². The Hall–Kier alpha value is -1.36. The van der Waals surface area contributed by atoms with Gasteiger partial charge in [-0.25, -0.2) is 0 Å². The van der Waals surface area contributed by atoms with Crippen LogP contribution in [0.4, 0.5) is 5.69 Å². The second-order valence-electron chi connectivity index (χ2n) is 2.49. The van der Waals surface area contributed by atoms with E-state index in [0.717, 1.165) is 5.46 Å².